The molecule has 1 heterocycles. The lowest BCUT2D eigenvalue weighted by Gasteiger charge is -2.22. The van der Waals surface area contributed by atoms with Crippen molar-refractivity contribution in [1.29, 1.82) is 0 Å². The Kier molecular flexibility index (Phi) is 9.88. The van der Waals surface area contributed by atoms with Crippen LogP contribution in [0.15, 0.2) is 24.3 Å². The minimum absolute atomic E-state index is 0. The molecule has 1 aromatic carbocycles. The molecule has 0 bridgehead atoms. The van der Waals surface area contributed by atoms with Gasteiger partial charge >= 0.3 is 0 Å². The molecule has 1 saturated heterocycles. The van der Waals surface area contributed by atoms with Crippen LogP contribution < -0.4 is 35.4 Å². The van der Waals surface area contributed by atoms with Crippen molar-refractivity contribution < 1.29 is 24.8 Å². The standard InChI is InChI=1S/C13H19ClN2.2ClH/c14-13-3-1-2-12(8-13)10-16-9-11-4-6-15-7-5-11;;/h1-3,8,11,15-16H,4-7,9-10H2;2*1H/p-2. The van der Waals surface area contributed by atoms with Gasteiger partial charge in [0.2, 0.25) is 0 Å². The van der Waals surface area contributed by atoms with E-state index in [0.29, 0.717) is 0 Å². The van der Waals surface area contributed by atoms with Crippen molar-refractivity contribution >= 4 is 11.6 Å². The Balaban J connectivity index is 0.00000144. The molecule has 18 heavy (non-hydrogen) atoms. The summed E-state index contributed by atoms with van der Waals surface area (Å²) in [5.74, 6) is 0.834. The van der Waals surface area contributed by atoms with E-state index < -0.39 is 0 Å². The molecule has 1 aromatic rings. The summed E-state index contributed by atoms with van der Waals surface area (Å²) in [6.07, 6.45) is 2.59. The molecular weight excluding hydrogens is 291 g/mol. The van der Waals surface area contributed by atoms with Crippen molar-refractivity contribution in [3.05, 3.63) is 34.9 Å². The highest BCUT2D eigenvalue weighted by molar-refractivity contribution is 6.30. The number of benzene rings is 1. The molecule has 2 nitrogen and oxygen atoms in total. The van der Waals surface area contributed by atoms with Crippen LogP contribution in [0, 0.1) is 5.92 Å². The van der Waals surface area contributed by atoms with Gasteiger partial charge in [0.25, 0.3) is 0 Å². The van der Waals surface area contributed by atoms with Gasteiger partial charge in [-0.15, -0.1) is 0 Å². The summed E-state index contributed by atoms with van der Waals surface area (Å²) in [7, 11) is 0. The topological polar surface area (TPSA) is 24.1 Å². The zero-order valence-electron chi connectivity index (χ0n) is 10.3. The Morgan fingerprint density at radius 3 is 2.61 bits per heavy atom. The van der Waals surface area contributed by atoms with Crippen molar-refractivity contribution in [2.24, 2.45) is 5.92 Å². The third-order valence-corrected chi connectivity index (χ3v) is 3.34. The third kappa shape index (κ3) is 6.26. The van der Waals surface area contributed by atoms with Crippen molar-refractivity contribution in [1.82, 2.24) is 10.6 Å². The third-order valence-electron chi connectivity index (χ3n) is 3.11. The van der Waals surface area contributed by atoms with Gasteiger partial charge < -0.3 is 35.4 Å². The first-order valence-electron chi connectivity index (χ1n) is 6.00. The summed E-state index contributed by atoms with van der Waals surface area (Å²) in [6.45, 7) is 4.38. The molecule has 0 aromatic heterocycles. The molecule has 1 fully saturated rings. The molecular formula is C13H19Cl3N2-2. The second-order valence-electron chi connectivity index (χ2n) is 4.45. The van der Waals surface area contributed by atoms with E-state index in [1.165, 1.54) is 31.5 Å². The van der Waals surface area contributed by atoms with Crippen molar-refractivity contribution in [3.8, 4) is 0 Å². The number of halogens is 3. The first-order chi connectivity index (χ1) is 7.84. The van der Waals surface area contributed by atoms with Crippen molar-refractivity contribution in [2.45, 2.75) is 19.4 Å². The summed E-state index contributed by atoms with van der Waals surface area (Å²) < 4.78 is 0. The van der Waals surface area contributed by atoms with Crippen LogP contribution in [-0.2, 0) is 6.54 Å². The minimum Gasteiger partial charge on any atom is -1.00 e. The summed E-state index contributed by atoms with van der Waals surface area (Å²) >= 11 is 5.94. The van der Waals surface area contributed by atoms with Gasteiger partial charge in [0.05, 0.1) is 0 Å². The van der Waals surface area contributed by atoms with E-state index in [2.05, 4.69) is 16.7 Å². The molecule has 0 amide bonds. The zero-order chi connectivity index (χ0) is 11.2. The molecule has 0 spiro atoms. The van der Waals surface area contributed by atoms with E-state index in [9.17, 15) is 0 Å². The Labute approximate surface area is 127 Å². The average Bonchev–Trinajstić information content (AvgIpc) is 2.30. The maximum atomic E-state index is 5.94. The number of piperidine rings is 1. The molecule has 104 valence electrons. The fourth-order valence-electron chi connectivity index (χ4n) is 2.15. The molecule has 1 aliphatic heterocycles. The Bertz CT molecular complexity index is 328. The molecule has 0 radical (unpaired) electrons. The highest BCUT2D eigenvalue weighted by Gasteiger charge is 2.11. The van der Waals surface area contributed by atoms with Gasteiger partial charge in [-0.1, -0.05) is 23.7 Å². The highest BCUT2D eigenvalue weighted by atomic mass is 35.5. The van der Waals surface area contributed by atoms with Crippen LogP contribution in [0.2, 0.25) is 5.02 Å². The molecule has 0 atom stereocenters. The smallest absolute Gasteiger partial charge is 0.0409 e. The van der Waals surface area contributed by atoms with Gasteiger partial charge in [-0.05, 0) is 56.1 Å². The van der Waals surface area contributed by atoms with E-state index in [0.717, 1.165) is 24.0 Å². The molecule has 0 aliphatic carbocycles. The zero-order valence-corrected chi connectivity index (χ0v) is 12.5. The fourth-order valence-corrected chi connectivity index (χ4v) is 2.37. The van der Waals surface area contributed by atoms with Crippen LogP contribution in [0.4, 0.5) is 0 Å². The summed E-state index contributed by atoms with van der Waals surface area (Å²) in [4.78, 5) is 0. The lowest BCUT2D eigenvalue weighted by atomic mass is 9.98. The van der Waals surface area contributed by atoms with E-state index in [4.69, 9.17) is 11.6 Å². The van der Waals surface area contributed by atoms with Crippen LogP contribution >= 0.6 is 11.6 Å². The fraction of sp³-hybridized carbons (Fsp3) is 0.538. The maximum absolute atomic E-state index is 5.94. The number of rotatable bonds is 4. The van der Waals surface area contributed by atoms with Gasteiger partial charge in [-0.3, -0.25) is 0 Å². The van der Waals surface area contributed by atoms with Crippen LogP contribution in [0.1, 0.15) is 18.4 Å². The lowest BCUT2D eigenvalue weighted by Crippen LogP contribution is -3.00. The second kappa shape index (κ2) is 9.88. The van der Waals surface area contributed by atoms with Gasteiger partial charge in [0.1, 0.15) is 0 Å². The lowest BCUT2D eigenvalue weighted by molar-refractivity contribution is -0.001000. The molecule has 5 heteroatoms. The van der Waals surface area contributed by atoms with E-state index in [-0.39, 0.29) is 24.8 Å². The normalized spacial score (nSPS) is 15.6. The number of hydrogen-bond acceptors (Lipinski definition) is 2. The first kappa shape index (κ1) is 18.0. The quantitative estimate of drug-likeness (QED) is 0.602. The SMILES string of the molecule is Clc1cccc(CNCC2CCNCC2)c1.[Cl-].[Cl-]. The predicted octanol–water partition coefficient (Wildman–Crippen LogP) is -3.56. The van der Waals surface area contributed by atoms with E-state index in [1.807, 2.05) is 18.2 Å². The average molecular weight is 310 g/mol. The molecule has 2 N–H and O–H groups in total. The van der Waals surface area contributed by atoms with Gasteiger partial charge in [-0.2, -0.15) is 0 Å². The number of hydrogen-bond donors (Lipinski definition) is 2. The summed E-state index contributed by atoms with van der Waals surface area (Å²) in [5, 5.41) is 7.72. The van der Waals surface area contributed by atoms with Crippen molar-refractivity contribution in [3.63, 3.8) is 0 Å². The molecule has 1 aliphatic rings. The van der Waals surface area contributed by atoms with Crippen LogP contribution in [0.5, 0.6) is 0 Å². The predicted molar refractivity (Wildman–Crippen MR) is 68.8 cm³/mol. The Morgan fingerprint density at radius 1 is 1.22 bits per heavy atom. The van der Waals surface area contributed by atoms with Crippen LogP contribution in [0.3, 0.4) is 0 Å². The van der Waals surface area contributed by atoms with Crippen molar-refractivity contribution in [2.75, 3.05) is 19.6 Å². The van der Waals surface area contributed by atoms with Crippen LogP contribution in [-0.4, -0.2) is 19.6 Å². The second-order valence-corrected chi connectivity index (χ2v) is 4.89. The van der Waals surface area contributed by atoms with E-state index >= 15 is 0 Å². The monoisotopic (exact) mass is 308 g/mol. The first-order valence-corrected chi connectivity index (χ1v) is 6.38. The summed E-state index contributed by atoms with van der Waals surface area (Å²) in [6, 6.07) is 8.06. The molecule has 0 saturated carbocycles. The van der Waals surface area contributed by atoms with E-state index in [1.54, 1.807) is 0 Å². The van der Waals surface area contributed by atoms with Gasteiger partial charge in [0.15, 0.2) is 0 Å². The Morgan fingerprint density at radius 2 is 1.94 bits per heavy atom. The number of nitrogens with one attached hydrogen (secondary N) is 2. The summed E-state index contributed by atoms with van der Waals surface area (Å²) in [5.41, 5.74) is 1.27. The highest BCUT2D eigenvalue weighted by Crippen LogP contribution is 2.12. The van der Waals surface area contributed by atoms with Gasteiger partial charge in [0, 0.05) is 11.6 Å². The largest absolute Gasteiger partial charge is 1.00 e. The van der Waals surface area contributed by atoms with Gasteiger partial charge in [-0.25, -0.2) is 0 Å². The molecule has 2 rings (SSSR count). The maximum Gasteiger partial charge on any atom is 0.0409 e. The molecule has 0 unspecified atom stereocenters. The Hall–Kier alpha value is 0.01000. The minimum atomic E-state index is 0. The van der Waals surface area contributed by atoms with Crippen LogP contribution in [0.25, 0.3) is 0 Å².